The third-order valence-electron chi connectivity index (χ3n) is 6.10. The lowest BCUT2D eigenvalue weighted by Gasteiger charge is -2.17. The van der Waals surface area contributed by atoms with Gasteiger partial charge in [-0.1, -0.05) is 45.7 Å². The number of hydrogen-bond donors (Lipinski definition) is 0. The molecule has 0 radical (unpaired) electrons. The second-order valence-electron chi connectivity index (χ2n) is 9.93. The summed E-state index contributed by atoms with van der Waals surface area (Å²) < 4.78 is 5.24. The molecule has 1 aromatic rings. The molecule has 152 valence electrons. The largest absolute Gasteiger partial charge is 0.461 e. The fraction of sp³-hybridized carbons (Fsp3) is 0.720. The number of aryl methyl sites for hydroxylation is 4. The second kappa shape index (κ2) is 9.75. The zero-order valence-corrected chi connectivity index (χ0v) is 18.3. The van der Waals surface area contributed by atoms with E-state index in [2.05, 4.69) is 46.8 Å². The third-order valence-corrected chi connectivity index (χ3v) is 6.10. The van der Waals surface area contributed by atoms with E-state index in [0.29, 0.717) is 11.9 Å². The van der Waals surface area contributed by atoms with Gasteiger partial charge in [0, 0.05) is 0 Å². The van der Waals surface area contributed by atoms with Crippen LogP contribution in [0.2, 0.25) is 0 Å². The summed E-state index contributed by atoms with van der Waals surface area (Å²) in [6, 6.07) is 4.83. The van der Waals surface area contributed by atoms with Crippen molar-refractivity contribution in [1.29, 1.82) is 0 Å². The van der Waals surface area contributed by atoms with Crippen LogP contribution in [0, 0.1) is 19.3 Å². The fourth-order valence-corrected chi connectivity index (χ4v) is 4.05. The van der Waals surface area contributed by atoms with Crippen molar-refractivity contribution in [3.63, 3.8) is 0 Å². The van der Waals surface area contributed by atoms with E-state index in [1.807, 2.05) is 0 Å². The van der Waals surface area contributed by atoms with E-state index in [4.69, 9.17) is 4.74 Å². The summed E-state index contributed by atoms with van der Waals surface area (Å²) in [6.07, 6.45) is 13.1. The number of benzene rings is 1. The van der Waals surface area contributed by atoms with Crippen molar-refractivity contribution < 1.29 is 9.53 Å². The first kappa shape index (κ1) is 22.0. The Balaban J connectivity index is 1.74. The first-order valence-electron chi connectivity index (χ1n) is 11.0. The average Bonchev–Trinajstić information content (AvgIpc) is 3.34. The molecular weight excluding hydrogens is 332 g/mol. The van der Waals surface area contributed by atoms with Gasteiger partial charge in [-0.25, -0.2) is 0 Å². The minimum absolute atomic E-state index is 0.0937. The average molecular weight is 373 g/mol. The summed E-state index contributed by atoms with van der Waals surface area (Å²) in [6.45, 7) is 12.2. The van der Waals surface area contributed by atoms with E-state index in [9.17, 15) is 4.79 Å². The maximum Gasteiger partial charge on any atom is 0.293 e. The smallest absolute Gasteiger partial charge is 0.293 e. The molecule has 0 amide bonds. The minimum Gasteiger partial charge on any atom is -0.461 e. The van der Waals surface area contributed by atoms with Gasteiger partial charge in [0.25, 0.3) is 6.47 Å². The summed E-state index contributed by atoms with van der Waals surface area (Å²) in [4.78, 5) is 10.6. The number of ether oxygens (including phenoxy) is 1. The Morgan fingerprint density at radius 3 is 1.96 bits per heavy atom. The van der Waals surface area contributed by atoms with Gasteiger partial charge < -0.3 is 4.74 Å². The van der Waals surface area contributed by atoms with Gasteiger partial charge in [-0.05, 0) is 99.3 Å². The standard InChI is InChI=1S/C25H40O2/c1-20-18-23(12-8-10-14-25(15-16-25)27-19-26)21(2)17-22(20)11-7-6-9-13-24(3,4)5/h17-19H,6-16H2,1-5H3. The molecular formula is C25H40O2. The third kappa shape index (κ3) is 7.68. The molecule has 0 unspecified atom stereocenters. The predicted octanol–water partition coefficient (Wildman–Crippen LogP) is 6.87. The normalized spacial score (nSPS) is 15.6. The highest BCUT2D eigenvalue weighted by atomic mass is 16.5. The number of hydrogen-bond acceptors (Lipinski definition) is 2. The summed E-state index contributed by atoms with van der Waals surface area (Å²) in [5.41, 5.74) is 6.29. The molecule has 0 heterocycles. The maximum atomic E-state index is 10.6. The number of carbonyl (C=O) groups excluding carboxylic acids is 1. The Morgan fingerprint density at radius 2 is 1.48 bits per heavy atom. The lowest BCUT2D eigenvalue weighted by Crippen LogP contribution is -2.12. The molecule has 2 nitrogen and oxygen atoms in total. The molecule has 0 aliphatic heterocycles. The highest BCUT2D eigenvalue weighted by molar-refractivity contribution is 5.39. The molecule has 0 bridgehead atoms. The van der Waals surface area contributed by atoms with E-state index >= 15 is 0 Å². The van der Waals surface area contributed by atoms with Crippen molar-refractivity contribution in [3.8, 4) is 0 Å². The van der Waals surface area contributed by atoms with Crippen LogP contribution in [-0.2, 0) is 22.4 Å². The van der Waals surface area contributed by atoms with E-state index in [1.54, 1.807) is 0 Å². The molecule has 0 N–H and O–H groups in total. The van der Waals surface area contributed by atoms with Crippen molar-refractivity contribution in [2.24, 2.45) is 5.41 Å². The summed E-state index contributed by atoms with van der Waals surface area (Å²) in [7, 11) is 0. The number of carbonyl (C=O) groups is 1. The van der Waals surface area contributed by atoms with Crippen molar-refractivity contribution in [2.45, 2.75) is 111 Å². The van der Waals surface area contributed by atoms with Crippen LogP contribution in [-0.4, -0.2) is 12.1 Å². The molecule has 0 spiro atoms. The van der Waals surface area contributed by atoms with Gasteiger partial charge in [0.1, 0.15) is 5.60 Å². The zero-order chi connectivity index (χ0) is 19.9. The van der Waals surface area contributed by atoms with E-state index < -0.39 is 0 Å². The van der Waals surface area contributed by atoms with Crippen molar-refractivity contribution >= 4 is 6.47 Å². The van der Waals surface area contributed by atoms with Gasteiger partial charge in [-0.3, -0.25) is 4.79 Å². The fourth-order valence-electron chi connectivity index (χ4n) is 4.05. The van der Waals surface area contributed by atoms with Crippen LogP contribution in [0.1, 0.15) is 101 Å². The van der Waals surface area contributed by atoms with Gasteiger partial charge in [-0.2, -0.15) is 0 Å². The first-order chi connectivity index (χ1) is 12.7. The summed E-state index contributed by atoms with van der Waals surface area (Å²) in [5.74, 6) is 0. The van der Waals surface area contributed by atoms with E-state index in [-0.39, 0.29) is 5.60 Å². The Labute approximate surface area is 167 Å². The van der Waals surface area contributed by atoms with Crippen molar-refractivity contribution in [2.75, 3.05) is 0 Å². The molecule has 0 atom stereocenters. The van der Waals surface area contributed by atoms with Crippen LogP contribution < -0.4 is 0 Å². The molecule has 2 heteroatoms. The summed E-state index contributed by atoms with van der Waals surface area (Å²) >= 11 is 0. The van der Waals surface area contributed by atoms with E-state index in [0.717, 1.165) is 32.1 Å². The Morgan fingerprint density at radius 1 is 0.926 bits per heavy atom. The van der Waals surface area contributed by atoms with Crippen molar-refractivity contribution in [3.05, 3.63) is 34.4 Å². The number of rotatable bonds is 12. The molecule has 2 rings (SSSR count). The van der Waals surface area contributed by atoms with E-state index in [1.165, 1.54) is 60.8 Å². The Kier molecular flexibility index (Phi) is 7.94. The molecule has 1 aliphatic rings. The van der Waals surface area contributed by atoms with Gasteiger partial charge in [0.2, 0.25) is 0 Å². The maximum absolute atomic E-state index is 10.6. The van der Waals surface area contributed by atoms with Crippen LogP contribution >= 0.6 is 0 Å². The van der Waals surface area contributed by atoms with Gasteiger partial charge in [-0.15, -0.1) is 0 Å². The summed E-state index contributed by atoms with van der Waals surface area (Å²) in [5, 5.41) is 0. The first-order valence-corrected chi connectivity index (χ1v) is 11.0. The molecule has 0 saturated heterocycles. The molecule has 1 aliphatic carbocycles. The zero-order valence-electron chi connectivity index (χ0n) is 18.3. The Bertz CT molecular complexity index is 605. The SMILES string of the molecule is Cc1cc(CCCCC2(OC=O)CC2)c(C)cc1CCCCCC(C)(C)C. The van der Waals surface area contributed by atoms with Crippen LogP contribution in [0.3, 0.4) is 0 Å². The molecule has 27 heavy (non-hydrogen) atoms. The number of unbranched alkanes of at least 4 members (excludes halogenated alkanes) is 3. The monoisotopic (exact) mass is 372 g/mol. The topological polar surface area (TPSA) is 26.3 Å². The Hall–Kier alpha value is -1.31. The van der Waals surface area contributed by atoms with Crippen LogP contribution in [0.5, 0.6) is 0 Å². The van der Waals surface area contributed by atoms with Gasteiger partial charge in [0.05, 0.1) is 0 Å². The van der Waals surface area contributed by atoms with Gasteiger partial charge in [0.15, 0.2) is 0 Å². The highest BCUT2D eigenvalue weighted by Crippen LogP contribution is 2.43. The van der Waals surface area contributed by atoms with Crippen LogP contribution in [0.4, 0.5) is 0 Å². The lowest BCUT2D eigenvalue weighted by molar-refractivity contribution is -0.135. The molecule has 0 aromatic heterocycles. The minimum atomic E-state index is -0.0937. The highest BCUT2D eigenvalue weighted by Gasteiger charge is 2.44. The van der Waals surface area contributed by atoms with Crippen LogP contribution in [0.15, 0.2) is 12.1 Å². The molecule has 1 saturated carbocycles. The van der Waals surface area contributed by atoms with Crippen molar-refractivity contribution in [1.82, 2.24) is 0 Å². The predicted molar refractivity (Wildman–Crippen MR) is 114 cm³/mol. The molecule has 1 fully saturated rings. The van der Waals surface area contributed by atoms with Crippen LogP contribution in [0.25, 0.3) is 0 Å². The quantitative estimate of drug-likeness (QED) is 0.295. The lowest BCUT2D eigenvalue weighted by atomic mass is 9.88. The van der Waals surface area contributed by atoms with Gasteiger partial charge >= 0.3 is 0 Å². The second-order valence-corrected chi connectivity index (χ2v) is 9.93. The molecule has 1 aromatic carbocycles.